The molecule has 3 rings (SSSR count). The van der Waals surface area contributed by atoms with E-state index < -0.39 is 5.92 Å². The van der Waals surface area contributed by atoms with E-state index in [1.165, 1.54) is 28.7 Å². The third-order valence-corrected chi connectivity index (χ3v) is 5.68. The van der Waals surface area contributed by atoms with Crippen molar-refractivity contribution in [3.05, 3.63) is 45.9 Å². The standard InChI is InChI=1S/C18H17N5OS2/c1-3-12-4-6-13(7-5-12)16-21-18(23-22-16)26-10-15(24)14(8-19)17-20-11(2)9-25-17/h4-7,9,14H,3,10H2,1-2H3,(H,21,22,23)/t14-/m1/s1. The molecule has 0 aliphatic heterocycles. The molecule has 2 heterocycles. The highest BCUT2D eigenvalue weighted by Crippen LogP contribution is 2.25. The summed E-state index contributed by atoms with van der Waals surface area (Å²) in [6.07, 6.45) is 0.985. The molecule has 0 bridgehead atoms. The highest BCUT2D eigenvalue weighted by Gasteiger charge is 2.23. The van der Waals surface area contributed by atoms with Crippen molar-refractivity contribution < 1.29 is 4.79 Å². The molecule has 1 N–H and O–H groups in total. The third kappa shape index (κ3) is 4.18. The van der Waals surface area contributed by atoms with E-state index in [4.69, 9.17) is 0 Å². The second-order valence-electron chi connectivity index (χ2n) is 5.66. The van der Waals surface area contributed by atoms with E-state index in [0.29, 0.717) is 16.0 Å². The molecule has 0 aliphatic rings. The average Bonchev–Trinajstić information content (AvgIpc) is 3.30. The van der Waals surface area contributed by atoms with E-state index in [-0.39, 0.29) is 11.5 Å². The van der Waals surface area contributed by atoms with Crippen LogP contribution >= 0.6 is 23.1 Å². The molecule has 6 nitrogen and oxygen atoms in total. The van der Waals surface area contributed by atoms with Crippen LogP contribution in [0.3, 0.4) is 0 Å². The van der Waals surface area contributed by atoms with Crippen molar-refractivity contribution in [3.63, 3.8) is 0 Å². The number of carbonyl (C=O) groups is 1. The number of rotatable bonds is 7. The van der Waals surface area contributed by atoms with Crippen molar-refractivity contribution in [1.82, 2.24) is 20.2 Å². The number of nitrogens with one attached hydrogen (secondary N) is 1. The summed E-state index contributed by atoms with van der Waals surface area (Å²) in [5.74, 6) is -0.232. The van der Waals surface area contributed by atoms with Gasteiger partial charge in [-0.25, -0.2) is 9.97 Å². The van der Waals surface area contributed by atoms with Gasteiger partial charge >= 0.3 is 0 Å². The zero-order valence-electron chi connectivity index (χ0n) is 14.4. The Labute approximate surface area is 159 Å². The van der Waals surface area contributed by atoms with E-state index in [2.05, 4.69) is 39.2 Å². The first-order valence-electron chi connectivity index (χ1n) is 8.09. The van der Waals surface area contributed by atoms with Gasteiger partial charge in [0, 0.05) is 16.6 Å². The number of thioether (sulfide) groups is 1. The number of hydrogen-bond donors (Lipinski definition) is 1. The third-order valence-electron chi connectivity index (χ3n) is 3.78. The van der Waals surface area contributed by atoms with E-state index in [0.717, 1.165) is 17.7 Å². The van der Waals surface area contributed by atoms with Crippen molar-refractivity contribution in [2.24, 2.45) is 0 Å². The fourth-order valence-electron chi connectivity index (χ4n) is 2.33. The maximum absolute atomic E-state index is 12.4. The molecule has 0 radical (unpaired) electrons. The zero-order valence-corrected chi connectivity index (χ0v) is 16.0. The molecule has 0 unspecified atom stereocenters. The lowest BCUT2D eigenvalue weighted by atomic mass is 10.1. The van der Waals surface area contributed by atoms with Gasteiger partial charge in [0.15, 0.2) is 17.5 Å². The van der Waals surface area contributed by atoms with Crippen LogP contribution in [0.15, 0.2) is 34.8 Å². The number of aromatic amines is 1. The highest BCUT2D eigenvalue weighted by atomic mass is 32.2. The maximum atomic E-state index is 12.4. The first-order valence-corrected chi connectivity index (χ1v) is 9.96. The molecule has 26 heavy (non-hydrogen) atoms. The molecular weight excluding hydrogens is 366 g/mol. The molecule has 0 aliphatic carbocycles. The van der Waals surface area contributed by atoms with Gasteiger partial charge in [0.1, 0.15) is 5.01 Å². The van der Waals surface area contributed by atoms with E-state index in [9.17, 15) is 10.1 Å². The number of benzene rings is 1. The van der Waals surface area contributed by atoms with Crippen LogP contribution in [0, 0.1) is 18.3 Å². The fourth-order valence-corrected chi connectivity index (χ4v) is 3.89. The Balaban J connectivity index is 1.63. The SMILES string of the molecule is CCc1ccc(-c2nc(SCC(=O)[C@@H](C#N)c3nc(C)cs3)n[nH]2)cc1. The topological polar surface area (TPSA) is 95.3 Å². The Morgan fingerprint density at radius 2 is 2.12 bits per heavy atom. The van der Waals surface area contributed by atoms with Crippen molar-refractivity contribution in [1.29, 1.82) is 5.26 Å². The number of thiazole rings is 1. The van der Waals surface area contributed by atoms with E-state index in [1.807, 2.05) is 30.5 Å². The largest absolute Gasteiger partial charge is 0.297 e. The van der Waals surface area contributed by atoms with Crippen molar-refractivity contribution >= 4 is 28.9 Å². The summed E-state index contributed by atoms with van der Waals surface area (Å²) in [6.45, 7) is 3.95. The Bertz CT molecular complexity index is 939. The number of hydrogen-bond acceptors (Lipinski definition) is 7. The second-order valence-corrected chi connectivity index (χ2v) is 7.49. The van der Waals surface area contributed by atoms with Crippen LogP contribution in [-0.2, 0) is 11.2 Å². The van der Waals surface area contributed by atoms with Crippen LogP contribution < -0.4 is 0 Å². The number of aryl methyl sites for hydroxylation is 2. The maximum Gasteiger partial charge on any atom is 0.209 e. The van der Waals surface area contributed by atoms with Gasteiger partial charge in [0.05, 0.1) is 11.8 Å². The van der Waals surface area contributed by atoms with Gasteiger partial charge in [0.25, 0.3) is 0 Å². The Morgan fingerprint density at radius 1 is 1.35 bits per heavy atom. The Morgan fingerprint density at radius 3 is 2.73 bits per heavy atom. The molecular formula is C18H17N5OS2. The average molecular weight is 384 g/mol. The first-order chi connectivity index (χ1) is 12.6. The van der Waals surface area contributed by atoms with Crippen molar-refractivity contribution in [2.45, 2.75) is 31.3 Å². The smallest absolute Gasteiger partial charge is 0.209 e. The van der Waals surface area contributed by atoms with Gasteiger partial charge < -0.3 is 0 Å². The number of Topliss-reactive ketones (excluding diaryl/α,β-unsaturated/α-hetero) is 1. The summed E-state index contributed by atoms with van der Waals surface area (Å²) in [7, 11) is 0. The van der Waals surface area contributed by atoms with Gasteiger partial charge in [-0.05, 0) is 18.9 Å². The molecule has 0 fully saturated rings. The number of H-pyrrole nitrogens is 1. The van der Waals surface area contributed by atoms with Crippen LogP contribution in [0.25, 0.3) is 11.4 Å². The Hall–Kier alpha value is -2.50. The molecule has 0 amide bonds. The van der Waals surface area contributed by atoms with Crippen LogP contribution in [0.2, 0.25) is 0 Å². The predicted molar refractivity (Wildman–Crippen MR) is 102 cm³/mol. The normalized spacial score (nSPS) is 11.9. The fraction of sp³-hybridized carbons (Fsp3) is 0.278. The minimum Gasteiger partial charge on any atom is -0.297 e. The van der Waals surface area contributed by atoms with Crippen molar-refractivity contribution in [3.8, 4) is 17.5 Å². The molecule has 2 aromatic heterocycles. The zero-order chi connectivity index (χ0) is 18.5. The Kier molecular flexibility index (Phi) is 5.81. The predicted octanol–water partition coefficient (Wildman–Crippen LogP) is 3.77. The van der Waals surface area contributed by atoms with Gasteiger partial charge in [-0.3, -0.25) is 9.89 Å². The van der Waals surface area contributed by atoms with Gasteiger partial charge in [-0.1, -0.05) is 43.0 Å². The van der Waals surface area contributed by atoms with Crippen molar-refractivity contribution in [2.75, 3.05) is 5.75 Å². The van der Waals surface area contributed by atoms with Crippen LogP contribution in [0.5, 0.6) is 0 Å². The lowest BCUT2D eigenvalue weighted by molar-refractivity contribution is -0.116. The number of ketones is 1. The van der Waals surface area contributed by atoms with Crippen LogP contribution in [0.4, 0.5) is 0 Å². The van der Waals surface area contributed by atoms with Crippen LogP contribution in [0.1, 0.15) is 29.1 Å². The summed E-state index contributed by atoms with van der Waals surface area (Å²) < 4.78 is 0. The molecule has 132 valence electrons. The molecule has 8 heteroatoms. The second kappa shape index (κ2) is 8.25. The number of aromatic nitrogens is 4. The summed E-state index contributed by atoms with van der Waals surface area (Å²) >= 11 is 2.56. The molecule has 0 saturated heterocycles. The van der Waals surface area contributed by atoms with E-state index in [1.54, 1.807) is 0 Å². The van der Waals surface area contributed by atoms with Gasteiger partial charge in [-0.15, -0.1) is 16.4 Å². The summed E-state index contributed by atoms with van der Waals surface area (Å²) in [6, 6.07) is 10.2. The molecule has 3 aromatic rings. The van der Waals surface area contributed by atoms with E-state index >= 15 is 0 Å². The minimum atomic E-state index is -0.832. The lowest BCUT2D eigenvalue weighted by Crippen LogP contribution is -2.13. The molecule has 1 aromatic carbocycles. The lowest BCUT2D eigenvalue weighted by Gasteiger charge is -2.03. The number of nitriles is 1. The number of nitrogens with zero attached hydrogens (tertiary/aromatic N) is 4. The summed E-state index contributed by atoms with van der Waals surface area (Å²) in [5, 5.41) is 19.2. The molecule has 1 atom stereocenters. The minimum absolute atomic E-state index is 0.128. The first kappa shape index (κ1) is 18.3. The van der Waals surface area contributed by atoms with Gasteiger partial charge in [-0.2, -0.15) is 5.26 Å². The summed E-state index contributed by atoms with van der Waals surface area (Å²) in [5.41, 5.74) is 3.02. The molecule has 0 spiro atoms. The van der Waals surface area contributed by atoms with Gasteiger partial charge in [0.2, 0.25) is 5.16 Å². The summed E-state index contributed by atoms with van der Waals surface area (Å²) in [4.78, 5) is 21.0. The molecule has 0 saturated carbocycles. The highest BCUT2D eigenvalue weighted by molar-refractivity contribution is 7.99. The quantitative estimate of drug-likeness (QED) is 0.624. The van der Waals surface area contributed by atoms with Crippen LogP contribution in [-0.4, -0.2) is 31.7 Å². The number of carbonyl (C=O) groups excluding carboxylic acids is 1. The monoisotopic (exact) mass is 383 g/mol.